The summed E-state index contributed by atoms with van der Waals surface area (Å²) in [7, 11) is -4.49. The Morgan fingerprint density at radius 3 is 2.37 bits per heavy atom. The highest BCUT2D eigenvalue weighted by Gasteiger charge is 2.24. The molecule has 142 valence electrons. The van der Waals surface area contributed by atoms with Gasteiger partial charge in [0.2, 0.25) is 10.0 Å². The molecule has 0 spiro atoms. The molecule has 2 N–H and O–H groups in total. The van der Waals surface area contributed by atoms with Crippen LogP contribution in [0, 0.1) is 18.6 Å². The molecule has 0 atom stereocenters. The predicted octanol–water partition coefficient (Wildman–Crippen LogP) is 3.71. The number of hydrogen-bond acceptors (Lipinski definition) is 3. The molecule has 0 fully saturated rings. The van der Waals surface area contributed by atoms with Crippen LogP contribution in [0.15, 0.2) is 47.4 Å². The molecule has 0 unspecified atom stereocenters. The fraction of sp³-hybridized carbons (Fsp3) is 0.118. The molecular weight excluding hydrogens is 386 g/mol. The Morgan fingerprint density at radius 2 is 1.78 bits per heavy atom. The molecule has 1 aromatic heterocycles. The number of primary sulfonamides is 1. The maximum absolute atomic E-state index is 14.5. The Bertz CT molecular complexity index is 1130. The first-order valence-corrected chi connectivity index (χ1v) is 9.10. The van der Waals surface area contributed by atoms with Crippen molar-refractivity contribution in [2.24, 2.45) is 5.14 Å². The summed E-state index contributed by atoms with van der Waals surface area (Å²) < 4.78 is 78.7. The highest BCUT2D eigenvalue weighted by molar-refractivity contribution is 7.89. The summed E-state index contributed by atoms with van der Waals surface area (Å²) in [5.74, 6) is -2.44. The quantitative estimate of drug-likeness (QED) is 0.680. The second-order valence-corrected chi connectivity index (χ2v) is 7.34. The maximum atomic E-state index is 14.5. The normalized spacial score (nSPS) is 12.0. The molecule has 3 aromatic rings. The van der Waals surface area contributed by atoms with Gasteiger partial charge < -0.3 is 0 Å². The van der Waals surface area contributed by atoms with Crippen molar-refractivity contribution < 1.29 is 26.0 Å². The molecule has 0 aliphatic heterocycles. The minimum atomic E-state index is -4.49. The van der Waals surface area contributed by atoms with Crippen LogP contribution in [0.5, 0.6) is 0 Å². The number of rotatable bonds is 4. The average molecular weight is 399 g/mol. The monoisotopic (exact) mass is 399 g/mol. The van der Waals surface area contributed by atoms with Gasteiger partial charge in [0.05, 0.1) is 11.4 Å². The number of hydrogen-bond donors (Lipinski definition) is 1. The Kier molecular flexibility index (Phi) is 4.79. The van der Waals surface area contributed by atoms with Crippen molar-refractivity contribution in [3.05, 3.63) is 65.4 Å². The molecule has 0 saturated heterocycles. The lowest BCUT2D eigenvalue weighted by molar-refractivity contribution is 0.145. The number of nitrogens with zero attached hydrogens (tertiary/aromatic N) is 2. The van der Waals surface area contributed by atoms with Crippen LogP contribution in [0.3, 0.4) is 0 Å². The number of nitrogens with two attached hydrogens (primary N) is 1. The predicted molar refractivity (Wildman–Crippen MR) is 90.0 cm³/mol. The summed E-state index contributed by atoms with van der Waals surface area (Å²) in [6.45, 7) is 1.77. The van der Waals surface area contributed by atoms with Gasteiger partial charge in [0.1, 0.15) is 22.2 Å². The van der Waals surface area contributed by atoms with E-state index >= 15 is 0 Å². The van der Waals surface area contributed by atoms with Crippen LogP contribution in [0.2, 0.25) is 0 Å². The summed E-state index contributed by atoms with van der Waals surface area (Å²) in [4.78, 5) is -1.03. The topological polar surface area (TPSA) is 78.0 Å². The molecule has 0 saturated carbocycles. The van der Waals surface area contributed by atoms with E-state index in [1.807, 2.05) is 0 Å². The Hall–Kier alpha value is -2.72. The molecule has 5 nitrogen and oxygen atoms in total. The smallest absolute Gasteiger partial charge is 0.233 e. The van der Waals surface area contributed by atoms with Crippen LogP contribution in [0.1, 0.15) is 17.7 Å². The fourth-order valence-electron chi connectivity index (χ4n) is 2.60. The summed E-state index contributed by atoms with van der Waals surface area (Å²) in [6.07, 6.45) is -2.94. The molecule has 0 bridgehead atoms. The maximum Gasteiger partial charge on any atom is 0.282 e. The van der Waals surface area contributed by atoms with Crippen molar-refractivity contribution in [2.75, 3.05) is 0 Å². The summed E-state index contributed by atoms with van der Waals surface area (Å²) in [5.41, 5.74) is -0.0769. The van der Waals surface area contributed by atoms with Gasteiger partial charge in [-0.3, -0.25) is 0 Å². The third-order valence-corrected chi connectivity index (χ3v) is 4.73. The highest BCUT2D eigenvalue weighted by Crippen LogP contribution is 2.32. The van der Waals surface area contributed by atoms with Gasteiger partial charge >= 0.3 is 0 Å². The zero-order valence-corrected chi connectivity index (χ0v) is 14.6. The molecule has 10 heteroatoms. The van der Waals surface area contributed by atoms with Crippen LogP contribution in [0.4, 0.5) is 17.6 Å². The lowest BCUT2D eigenvalue weighted by Crippen LogP contribution is -2.15. The number of benzene rings is 2. The van der Waals surface area contributed by atoms with Crippen molar-refractivity contribution in [1.82, 2.24) is 9.78 Å². The van der Waals surface area contributed by atoms with Crippen LogP contribution in [-0.4, -0.2) is 18.2 Å². The van der Waals surface area contributed by atoms with E-state index in [1.165, 1.54) is 0 Å². The summed E-state index contributed by atoms with van der Waals surface area (Å²) >= 11 is 0. The average Bonchev–Trinajstić information content (AvgIpc) is 3.01. The van der Waals surface area contributed by atoms with E-state index in [0.717, 1.165) is 16.3 Å². The first kappa shape index (κ1) is 19.1. The van der Waals surface area contributed by atoms with E-state index in [-0.39, 0.29) is 5.69 Å². The van der Waals surface area contributed by atoms with E-state index in [2.05, 4.69) is 5.10 Å². The first-order valence-electron chi connectivity index (χ1n) is 7.55. The van der Waals surface area contributed by atoms with E-state index in [1.54, 1.807) is 31.2 Å². The van der Waals surface area contributed by atoms with Crippen molar-refractivity contribution in [2.45, 2.75) is 18.2 Å². The third kappa shape index (κ3) is 3.71. The molecular formula is C17H13F4N3O2S. The van der Waals surface area contributed by atoms with Gasteiger partial charge in [-0.15, -0.1) is 0 Å². The molecule has 27 heavy (non-hydrogen) atoms. The van der Waals surface area contributed by atoms with Crippen LogP contribution < -0.4 is 5.14 Å². The largest absolute Gasteiger partial charge is 0.282 e. The lowest BCUT2D eigenvalue weighted by Gasteiger charge is -2.10. The van der Waals surface area contributed by atoms with E-state index < -0.39 is 44.2 Å². The van der Waals surface area contributed by atoms with E-state index in [9.17, 15) is 26.0 Å². The molecule has 0 aliphatic rings. The minimum Gasteiger partial charge on any atom is -0.233 e. The van der Waals surface area contributed by atoms with Crippen LogP contribution in [-0.2, 0) is 10.0 Å². The van der Waals surface area contributed by atoms with Gasteiger partial charge in [-0.1, -0.05) is 12.1 Å². The Labute approximate surface area is 152 Å². The van der Waals surface area contributed by atoms with Gasteiger partial charge in [-0.25, -0.2) is 35.8 Å². The first-order chi connectivity index (χ1) is 12.6. The fourth-order valence-corrected chi connectivity index (χ4v) is 3.20. The molecule has 0 radical (unpaired) electrons. The van der Waals surface area contributed by atoms with Gasteiger partial charge in [0.25, 0.3) is 6.43 Å². The SMILES string of the molecule is Cc1cccc(-n2nc(C(F)F)cc2-c2cc(F)c(S(N)(=O)=O)cc2F)c1. The zero-order valence-electron chi connectivity index (χ0n) is 13.8. The van der Waals surface area contributed by atoms with Gasteiger partial charge in [-0.05, 0) is 42.8 Å². The number of sulfonamides is 1. The molecule has 1 heterocycles. The van der Waals surface area contributed by atoms with Crippen molar-refractivity contribution in [3.8, 4) is 16.9 Å². The van der Waals surface area contributed by atoms with Crippen molar-refractivity contribution in [1.29, 1.82) is 0 Å². The molecule has 2 aromatic carbocycles. The number of alkyl halides is 2. The second-order valence-electron chi connectivity index (χ2n) is 5.81. The standard InChI is InChI=1S/C17H13F4N3O2S/c1-9-3-2-4-10(5-9)24-15(8-14(23-24)17(20)21)11-6-13(19)16(7-12(11)18)27(22,25)26/h2-8,17H,1H3,(H2,22,25,26). The van der Waals surface area contributed by atoms with Crippen LogP contribution in [0.25, 0.3) is 16.9 Å². The van der Waals surface area contributed by atoms with Crippen molar-refractivity contribution >= 4 is 10.0 Å². The molecule has 0 amide bonds. The number of halogens is 4. The Balaban J connectivity index is 2.27. The van der Waals surface area contributed by atoms with E-state index in [0.29, 0.717) is 17.8 Å². The second kappa shape index (κ2) is 6.78. The van der Waals surface area contributed by atoms with Gasteiger partial charge in [-0.2, -0.15) is 5.10 Å². The van der Waals surface area contributed by atoms with Gasteiger partial charge in [0, 0.05) is 5.56 Å². The van der Waals surface area contributed by atoms with Crippen LogP contribution >= 0.6 is 0 Å². The Morgan fingerprint density at radius 1 is 1.07 bits per heavy atom. The number of aromatic nitrogens is 2. The highest BCUT2D eigenvalue weighted by atomic mass is 32.2. The van der Waals surface area contributed by atoms with Crippen molar-refractivity contribution in [3.63, 3.8) is 0 Å². The lowest BCUT2D eigenvalue weighted by atomic mass is 10.1. The number of aryl methyl sites for hydroxylation is 1. The molecule has 3 rings (SSSR count). The third-order valence-electron chi connectivity index (χ3n) is 3.80. The molecule has 0 aliphatic carbocycles. The summed E-state index contributed by atoms with van der Waals surface area (Å²) in [6, 6.07) is 8.52. The minimum absolute atomic E-state index is 0.159. The summed E-state index contributed by atoms with van der Waals surface area (Å²) in [5, 5.41) is 8.62. The van der Waals surface area contributed by atoms with E-state index in [4.69, 9.17) is 5.14 Å². The van der Waals surface area contributed by atoms with Gasteiger partial charge in [0.15, 0.2) is 0 Å². The zero-order chi connectivity index (χ0) is 19.9.